The van der Waals surface area contributed by atoms with Gasteiger partial charge in [-0.3, -0.25) is 0 Å². The summed E-state index contributed by atoms with van der Waals surface area (Å²) in [5.74, 6) is 1.04. The van der Waals surface area contributed by atoms with Crippen LogP contribution < -0.4 is 10.1 Å². The van der Waals surface area contributed by atoms with Gasteiger partial charge in [-0.15, -0.1) is 0 Å². The molecule has 0 atom stereocenters. The van der Waals surface area contributed by atoms with E-state index in [1.54, 1.807) is 0 Å². The van der Waals surface area contributed by atoms with Crippen LogP contribution in [0.4, 0.5) is 0 Å². The van der Waals surface area contributed by atoms with Crippen LogP contribution in [0.1, 0.15) is 22.3 Å². The predicted octanol–water partition coefficient (Wildman–Crippen LogP) is 4.64. The summed E-state index contributed by atoms with van der Waals surface area (Å²) in [5, 5.41) is 4.27. The van der Waals surface area contributed by atoms with Crippen molar-refractivity contribution >= 4 is 27.5 Å². The standard InChI is InChI=1S/C17H17BrClNO/c1-11-2-3-13(16(19)6-11)9-20-10-14-8-15(18)7-12-4-5-21-17(12)14/h2-3,6-8,20H,4-5,9-10H2,1H3. The molecule has 3 rings (SSSR count). The number of fused-ring (bicyclic) bond motifs is 1. The summed E-state index contributed by atoms with van der Waals surface area (Å²) in [5.41, 5.74) is 4.78. The van der Waals surface area contributed by atoms with Crippen molar-refractivity contribution in [1.82, 2.24) is 5.32 Å². The minimum atomic E-state index is 0.750. The highest BCUT2D eigenvalue weighted by atomic mass is 79.9. The number of rotatable bonds is 4. The zero-order valence-electron chi connectivity index (χ0n) is 11.9. The summed E-state index contributed by atoms with van der Waals surface area (Å²) in [4.78, 5) is 0. The van der Waals surface area contributed by atoms with E-state index in [0.29, 0.717) is 0 Å². The normalized spacial score (nSPS) is 13.1. The lowest BCUT2D eigenvalue weighted by Gasteiger charge is -2.11. The maximum Gasteiger partial charge on any atom is 0.127 e. The molecule has 1 aliphatic heterocycles. The van der Waals surface area contributed by atoms with Crippen LogP contribution in [0.5, 0.6) is 5.75 Å². The first-order valence-electron chi connectivity index (χ1n) is 7.03. The van der Waals surface area contributed by atoms with Crippen LogP contribution in [0.15, 0.2) is 34.8 Å². The molecule has 4 heteroatoms. The number of hydrogen-bond donors (Lipinski definition) is 1. The average molecular weight is 367 g/mol. The zero-order valence-corrected chi connectivity index (χ0v) is 14.2. The van der Waals surface area contributed by atoms with Gasteiger partial charge in [-0.2, -0.15) is 0 Å². The van der Waals surface area contributed by atoms with Gasteiger partial charge in [-0.25, -0.2) is 0 Å². The Bertz CT molecular complexity index is 672. The molecular weight excluding hydrogens is 350 g/mol. The van der Waals surface area contributed by atoms with E-state index in [2.05, 4.69) is 45.5 Å². The first-order valence-corrected chi connectivity index (χ1v) is 8.20. The Morgan fingerprint density at radius 1 is 1.19 bits per heavy atom. The van der Waals surface area contributed by atoms with Crippen molar-refractivity contribution in [3.63, 3.8) is 0 Å². The Kier molecular flexibility index (Phi) is 4.53. The Morgan fingerprint density at radius 2 is 2.00 bits per heavy atom. The third-order valence-corrected chi connectivity index (χ3v) is 4.47. The average Bonchev–Trinajstić information content (AvgIpc) is 2.89. The third-order valence-electron chi connectivity index (χ3n) is 3.66. The van der Waals surface area contributed by atoms with E-state index in [9.17, 15) is 0 Å². The number of aryl methyl sites for hydroxylation is 1. The minimum absolute atomic E-state index is 0.750. The second-order valence-electron chi connectivity index (χ2n) is 5.35. The minimum Gasteiger partial charge on any atom is -0.493 e. The number of ether oxygens (including phenoxy) is 1. The Hall–Kier alpha value is -1.03. The smallest absolute Gasteiger partial charge is 0.127 e. The van der Waals surface area contributed by atoms with Crippen LogP contribution in [0.2, 0.25) is 5.02 Å². The van der Waals surface area contributed by atoms with Gasteiger partial charge in [0.25, 0.3) is 0 Å². The first-order chi connectivity index (χ1) is 10.1. The van der Waals surface area contributed by atoms with Gasteiger partial charge in [-0.1, -0.05) is 39.7 Å². The number of hydrogen-bond acceptors (Lipinski definition) is 2. The first kappa shape index (κ1) is 14.9. The van der Waals surface area contributed by atoms with E-state index in [1.165, 1.54) is 16.7 Å². The van der Waals surface area contributed by atoms with Gasteiger partial charge in [0.05, 0.1) is 6.61 Å². The van der Waals surface area contributed by atoms with Crippen LogP contribution in [0, 0.1) is 6.92 Å². The topological polar surface area (TPSA) is 21.3 Å². The number of benzene rings is 2. The van der Waals surface area contributed by atoms with Gasteiger partial charge in [0, 0.05) is 34.6 Å². The molecule has 2 aromatic rings. The van der Waals surface area contributed by atoms with E-state index < -0.39 is 0 Å². The summed E-state index contributed by atoms with van der Waals surface area (Å²) < 4.78 is 6.85. The summed E-state index contributed by atoms with van der Waals surface area (Å²) >= 11 is 9.83. The molecule has 0 fully saturated rings. The highest BCUT2D eigenvalue weighted by Gasteiger charge is 2.17. The molecule has 1 N–H and O–H groups in total. The lowest BCUT2D eigenvalue weighted by atomic mass is 10.1. The molecule has 0 radical (unpaired) electrons. The van der Waals surface area contributed by atoms with Crippen LogP contribution in [0.25, 0.3) is 0 Å². The van der Waals surface area contributed by atoms with Gasteiger partial charge in [0.15, 0.2) is 0 Å². The van der Waals surface area contributed by atoms with Crippen molar-refractivity contribution in [3.8, 4) is 5.75 Å². The molecule has 1 aliphatic rings. The lowest BCUT2D eigenvalue weighted by Crippen LogP contribution is -2.13. The van der Waals surface area contributed by atoms with Crippen LogP contribution in [-0.2, 0) is 19.5 Å². The molecule has 0 saturated heterocycles. The molecule has 0 aromatic heterocycles. The number of nitrogens with one attached hydrogen (secondary N) is 1. The summed E-state index contributed by atoms with van der Waals surface area (Å²) in [6.07, 6.45) is 0.992. The van der Waals surface area contributed by atoms with Crippen molar-refractivity contribution in [2.24, 2.45) is 0 Å². The monoisotopic (exact) mass is 365 g/mol. The van der Waals surface area contributed by atoms with E-state index in [4.69, 9.17) is 16.3 Å². The summed E-state index contributed by atoms with van der Waals surface area (Å²) in [6, 6.07) is 10.4. The van der Waals surface area contributed by atoms with Gasteiger partial charge < -0.3 is 10.1 Å². The van der Waals surface area contributed by atoms with Crippen molar-refractivity contribution in [1.29, 1.82) is 0 Å². The second kappa shape index (κ2) is 6.39. The zero-order chi connectivity index (χ0) is 14.8. The Balaban J connectivity index is 1.68. The molecule has 1 heterocycles. The fourth-order valence-electron chi connectivity index (χ4n) is 2.60. The van der Waals surface area contributed by atoms with E-state index in [1.807, 2.05) is 13.0 Å². The summed E-state index contributed by atoms with van der Waals surface area (Å²) in [7, 11) is 0. The molecular formula is C17H17BrClNO. The quantitative estimate of drug-likeness (QED) is 0.851. The molecule has 2 nitrogen and oxygen atoms in total. The Morgan fingerprint density at radius 3 is 2.81 bits per heavy atom. The van der Waals surface area contributed by atoms with E-state index in [-0.39, 0.29) is 0 Å². The molecule has 2 aromatic carbocycles. The van der Waals surface area contributed by atoms with Crippen molar-refractivity contribution in [3.05, 3.63) is 62.1 Å². The van der Waals surface area contributed by atoms with Crippen molar-refractivity contribution < 1.29 is 4.74 Å². The molecule has 0 bridgehead atoms. The highest BCUT2D eigenvalue weighted by Crippen LogP contribution is 2.33. The molecule has 0 spiro atoms. The van der Waals surface area contributed by atoms with Crippen molar-refractivity contribution in [2.75, 3.05) is 6.61 Å². The molecule has 0 aliphatic carbocycles. The maximum atomic E-state index is 6.26. The van der Waals surface area contributed by atoms with E-state index >= 15 is 0 Å². The third kappa shape index (κ3) is 3.42. The fraction of sp³-hybridized carbons (Fsp3) is 0.294. The van der Waals surface area contributed by atoms with Gasteiger partial charge in [0.1, 0.15) is 5.75 Å². The largest absolute Gasteiger partial charge is 0.493 e. The van der Waals surface area contributed by atoms with Crippen LogP contribution in [-0.4, -0.2) is 6.61 Å². The Labute approximate surface area is 138 Å². The maximum absolute atomic E-state index is 6.26. The number of halogens is 2. The van der Waals surface area contributed by atoms with Crippen molar-refractivity contribution in [2.45, 2.75) is 26.4 Å². The highest BCUT2D eigenvalue weighted by molar-refractivity contribution is 9.10. The van der Waals surface area contributed by atoms with Crippen LogP contribution >= 0.6 is 27.5 Å². The fourth-order valence-corrected chi connectivity index (χ4v) is 3.46. The molecule has 21 heavy (non-hydrogen) atoms. The molecule has 0 saturated carbocycles. The SMILES string of the molecule is Cc1ccc(CNCc2cc(Br)cc3c2OCC3)c(Cl)c1. The van der Waals surface area contributed by atoms with Gasteiger partial charge in [0.2, 0.25) is 0 Å². The van der Waals surface area contributed by atoms with Crippen LogP contribution in [0.3, 0.4) is 0 Å². The van der Waals surface area contributed by atoms with E-state index in [0.717, 1.165) is 46.9 Å². The lowest BCUT2D eigenvalue weighted by molar-refractivity contribution is 0.352. The predicted molar refractivity (Wildman–Crippen MR) is 90.1 cm³/mol. The second-order valence-corrected chi connectivity index (χ2v) is 6.67. The molecule has 0 amide bonds. The van der Waals surface area contributed by atoms with Gasteiger partial charge in [-0.05, 0) is 41.8 Å². The van der Waals surface area contributed by atoms with Gasteiger partial charge >= 0.3 is 0 Å². The summed E-state index contributed by atoms with van der Waals surface area (Å²) in [6.45, 7) is 4.35. The molecule has 110 valence electrons. The molecule has 0 unspecified atom stereocenters.